The quantitative estimate of drug-likeness (QED) is 0.841. The fourth-order valence-electron chi connectivity index (χ4n) is 4.32. The molecule has 0 aromatic rings. The second kappa shape index (κ2) is 5.71. The number of hydrogen-bond donors (Lipinski definition) is 1. The summed E-state index contributed by atoms with van der Waals surface area (Å²) in [4.78, 5) is 5.17. The molecule has 1 saturated carbocycles. The molecule has 0 radical (unpaired) electrons. The Labute approximate surface area is 119 Å². The van der Waals surface area contributed by atoms with Crippen molar-refractivity contribution in [2.45, 2.75) is 58.7 Å². The summed E-state index contributed by atoms with van der Waals surface area (Å²) in [5.74, 6) is 0.793. The Balaban J connectivity index is 2.06. The molecule has 2 aliphatic rings. The van der Waals surface area contributed by atoms with Gasteiger partial charge in [-0.1, -0.05) is 27.7 Å². The summed E-state index contributed by atoms with van der Waals surface area (Å²) >= 11 is 0. The summed E-state index contributed by atoms with van der Waals surface area (Å²) in [6.45, 7) is 13.1. The van der Waals surface area contributed by atoms with Gasteiger partial charge >= 0.3 is 0 Å². The van der Waals surface area contributed by atoms with E-state index in [1.807, 2.05) is 0 Å². The second-order valence-electron chi connectivity index (χ2n) is 7.59. The van der Waals surface area contributed by atoms with Gasteiger partial charge in [-0.3, -0.25) is 4.90 Å². The van der Waals surface area contributed by atoms with Crippen LogP contribution in [0.25, 0.3) is 0 Å². The average Bonchev–Trinajstić information content (AvgIpc) is 2.82. The molecule has 3 heteroatoms. The van der Waals surface area contributed by atoms with Gasteiger partial charge in [-0.25, -0.2) is 0 Å². The van der Waals surface area contributed by atoms with Crippen molar-refractivity contribution in [3.05, 3.63) is 0 Å². The van der Waals surface area contributed by atoms with Crippen molar-refractivity contribution in [3.8, 4) is 0 Å². The highest BCUT2D eigenvalue weighted by Crippen LogP contribution is 2.41. The van der Waals surface area contributed by atoms with Crippen LogP contribution in [0.15, 0.2) is 0 Å². The molecule has 0 aromatic carbocycles. The Bertz CT molecular complexity index is 300. The fourth-order valence-corrected chi connectivity index (χ4v) is 4.32. The van der Waals surface area contributed by atoms with Crippen molar-refractivity contribution in [2.75, 3.05) is 33.7 Å². The van der Waals surface area contributed by atoms with Crippen molar-refractivity contribution >= 4 is 0 Å². The lowest BCUT2D eigenvalue weighted by Crippen LogP contribution is -2.51. The minimum absolute atomic E-state index is 0.445. The summed E-state index contributed by atoms with van der Waals surface area (Å²) in [5, 5.41) is 3.77. The maximum absolute atomic E-state index is 3.77. The number of nitrogens with zero attached hydrogens (tertiary/aromatic N) is 2. The number of nitrogens with one attached hydrogen (secondary N) is 1. The molecule has 0 bridgehead atoms. The first-order chi connectivity index (χ1) is 8.86. The van der Waals surface area contributed by atoms with E-state index in [9.17, 15) is 0 Å². The van der Waals surface area contributed by atoms with Crippen molar-refractivity contribution in [3.63, 3.8) is 0 Å². The van der Waals surface area contributed by atoms with Crippen molar-refractivity contribution in [1.29, 1.82) is 0 Å². The predicted molar refractivity (Wildman–Crippen MR) is 82.5 cm³/mol. The molecule has 1 saturated heterocycles. The van der Waals surface area contributed by atoms with Crippen LogP contribution in [-0.2, 0) is 0 Å². The monoisotopic (exact) mass is 267 g/mol. The molecule has 1 aliphatic heterocycles. The summed E-state index contributed by atoms with van der Waals surface area (Å²) in [7, 11) is 4.45. The van der Waals surface area contributed by atoms with Crippen LogP contribution in [0.4, 0.5) is 0 Å². The number of hydrogen-bond acceptors (Lipinski definition) is 3. The average molecular weight is 267 g/mol. The van der Waals surface area contributed by atoms with E-state index in [0.717, 1.165) is 24.5 Å². The van der Waals surface area contributed by atoms with E-state index in [-0.39, 0.29) is 0 Å². The van der Waals surface area contributed by atoms with Gasteiger partial charge in [0, 0.05) is 31.2 Å². The van der Waals surface area contributed by atoms with Crippen LogP contribution in [-0.4, -0.2) is 61.7 Å². The van der Waals surface area contributed by atoms with E-state index in [2.05, 4.69) is 56.9 Å². The summed E-state index contributed by atoms with van der Waals surface area (Å²) in [6.07, 6.45) is 2.71. The van der Waals surface area contributed by atoms with Crippen LogP contribution in [0.1, 0.15) is 40.5 Å². The lowest BCUT2D eigenvalue weighted by atomic mass is 9.86. The van der Waals surface area contributed by atoms with Gasteiger partial charge in [-0.05, 0) is 44.8 Å². The largest absolute Gasteiger partial charge is 0.312 e. The Morgan fingerprint density at radius 3 is 2.47 bits per heavy atom. The third kappa shape index (κ3) is 2.98. The van der Waals surface area contributed by atoms with E-state index < -0.39 is 0 Å². The Morgan fingerprint density at radius 1 is 1.26 bits per heavy atom. The van der Waals surface area contributed by atoms with Gasteiger partial charge in [0.15, 0.2) is 0 Å². The molecule has 4 unspecified atom stereocenters. The highest BCUT2D eigenvalue weighted by atomic mass is 15.3. The van der Waals surface area contributed by atoms with E-state index in [1.54, 1.807) is 0 Å². The van der Waals surface area contributed by atoms with Crippen LogP contribution in [0.2, 0.25) is 0 Å². The van der Waals surface area contributed by atoms with Crippen molar-refractivity contribution in [2.24, 2.45) is 11.3 Å². The fraction of sp³-hybridized carbons (Fsp3) is 1.00. The lowest BCUT2D eigenvalue weighted by molar-refractivity contribution is 0.161. The maximum atomic E-state index is 3.77. The van der Waals surface area contributed by atoms with Crippen LogP contribution in [0.3, 0.4) is 0 Å². The smallest absolute Gasteiger partial charge is 0.0274 e. The molecule has 1 N–H and O–H groups in total. The number of likely N-dealkylation sites (N-methyl/N-ethyl adjacent to an activating group) is 2. The van der Waals surface area contributed by atoms with Gasteiger partial charge in [0.2, 0.25) is 0 Å². The Hall–Kier alpha value is -0.120. The number of rotatable bonds is 4. The topological polar surface area (TPSA) is 18.5 Å². The van der Waals surface area contributed by atoms with Crippen molar-refractivity contribution < 1.29 is 0 Å². The van der Waals surface area contributed by atoms with Crippen LogP contribution in [0.5, 0.6) is 0 Å². The van der Waals surface area contributed by atoms with E-state index >= 15 is 0 Å². The van der Waals surface area contributed by atoms with E-state index in [1.165, 1.54) is 25.9 Å². The van der Waals surface area contributed by atoms with Gasteiger partial charge in [0.05, 0.1) is 0 Å². The van der Waals surface area contributed by atoms with Crippen LogP contribution >= 0.6 is 0 Å². The van der Waals surface area contributed by atoms with Gasteiger partial charge < -0.3 is 10.2 Å². The molecule has 0 amide bonds. The molecule has 4 atom stereocenters. The van der Waals surface area contributed by atoms with Gasteiger partial charge in [-0.15, -0.1) is 0 Å². The highest BCUT2D eigenvalue weighted by Gasteiger charge is 2.46. The first-order valence-electron chi connectivity index (χ1n) is 8.00. The van der Waals surface area contributed by atoms with Crippen LogP contribution < -0.4 is 5.32 Å². The summed E-state index contributed by atoms with van der Waals surface area (Å²) < 4.78 is 0. The van der Waals surface area contributed by atoms with Gasteiger partial charge in [0.25, 0.3) is 0 Å². The molecule has 0 aromatic heterocycles. The molecule has 1 aliphatic carbocycles. The zero-order chi connectivity index (χ0) is 14.2. The molecule has 2 rings (SSSR count). The SMILES string of the molecule is CCNC1C(N2CC(C)C(N(C)C)C2)CCC1(C)C. The molecule has 0 spiro atoms. The molecule has 2 fully saturated rings. The third-order valence-corrected chi connectivity index (χ3v) is 5.47. The lowest BCUT2D eigenvalue weighted by Gasteiger charge is -2.36. The third-order valence-electron chi connectivity index (χ3n) is 5.47. The summed E-state index contributed by atoms with van der Waals surface area (Å²) in [5.41, 5.74) is 0.445. The van der Waals surface area contributed by atoms with Crippen LogP contribution in [0, 0.1) is 11.3 Å². The van der Waals surface area contributed by atoms with Gasteiger partial charge in [0.1, 0.15) is 0 Å². The zero-order valence-corrected chi connectivity index (χ0v) is 13.7. The minimum Gasteiger partial charge on any atom is -0.312 e. The van der Waals surface area contributed by atoms with E-state index in [4.69, 9.17) is 0 Å². The van der Waals surface area contributed by atoms with E-state index in [0.29, 0.717) is 11.5 Å². The second-order valence-corrected chi connectivity index (χ2v) is 7.59. The van der Waals surface area contributed by atoms with Crippen molar-refractivity contribution in [1.82, 2.24) is 15.1 Å². The standard InChI is InChI=1S/C16H33N3/c1-7-17-15-13(8-9-16(15,3)4)19-10-12(2)14(11-19)18(5)6/h12-15,17H,7-11H2,1-6H3. The molecule has 1 heterocycles. The zero-order valence-electron chi connectivity index (χ0n) is 13.7. The number of likely N-dealkylation sites (tertiary alicyclic amines) is 1. The molecule has 19 heavy (non-hydrogen) atoms. The maximum Gasteiger partial charge on any atom is 0.0274 e. The minimum atomic E-state index is 0.445. The molecule has 112 valence electrons. The molecule has 3 nitrogen and oxygen atoms in total. The molecular weight excluding hydrogens is 234 g/mol. The first kappa shape index (κ1) is 15.3. The Morgan fingerprint density at radius 2 is 1.95 bits per heavy atom. The highest BCUT2D eigenvalue weighted by molar-refractivity contribution is 5.03. The summed E-state index contributed by atoms with van der Waals surface area (Å²) in [6, 6.07) is 2.12. The van der Waals surface area contributed by atoms with Gasteiger partial charge in [-0.2, -0.15) is 0 Å². The normalized spacial score (nSPS) is 39.3. The first-order valence-corrected chi connectivity index (χ1v) is 8.00. The predicted octanol–water partition coefficient (Wildman–Crippen LogP) is 2.03. The molecular formula is C16H33N3. The Kier molecular flexibility index (Phi) is 4.59.